The fourth-order valence-corrected chi connectivity index (χ4v) is 1.84. The molecule has 0 N–H and O–H groups in total. The molecule has 0 atom stereocenters. The Kier molecular flexibility index (Phi) is 4.40. The van der Waals surface area contributed by atoms with Gasteiger partial charge in [-0.15, -0.1) is 0 Å². The zero-order chi connectivity index (χ0) is 13.5. The van der Waals surface area contributed by atoms with Crippen LogP contribution in [0.2, 0.25) is 0 Å². The molecule has 0 saturated carbocycles. The van der Waals surface area contributed by atoms with Gasteiger partial charge in [0, 0.05) is 12.6 Å². The summed E-state index contributed by atoms with van der Waals surface area (Å²) in [5, 5.41) is 0. The highest BCUT2D eigenvalue weighted by Gasteiger charge is 2.03. The first-order valence-electron chi connectivity index (χ1n) is 6.11. The minimum absolute atomic E-state index is 0.824. The Hall–Kier alpha value is -2.48. The fourth-order valence-electron chi connectivity index (χ4n) is 1.84. The van der Waals surface area contributed by atoms with Crippen LogP contribution in [0.25, 0.3) is 5.70 Å². The quantitative estimate of drug-likeness (QED) is 0.734. The van der Waals surface area contributed by atoms with E-state index < -0.39 is 0 Å². The van der Waals surface area contributed by atoms with E-state index in [2.05, 4.69) is 16.7 Å². The first-order valence-corrected chi connectivity index (χ1v) is 6.11. The topological polar surface area (TPSA) is 24.7 Å². The predicted molar refractivity (Wildman–Crippen MR) is 82.9 cm³/mol. The lowest BCUT2D eigenvalue weighted by molar-refractivity contribution is 1.43. The van der Waals surface area contributed by atoms with Crippen molar-refractivity contribution in [1.29, 1.82) is 0 Å². The minimum Gasteiger partial charge on any atom is -0.288 e. The maximum atomic E-state index is 4.32. The van der Waals surface area contributed by atoms with E-state index in [0.717, 1.165) is 22.5 Å². The van der Waals surface area contributed by atoms with Gasteiger partial charge in [-0.05, 0) is 18.4 Å². The van der Waals surface area contributed by atoms with Gasteiger partial charge < -0.3 is 0 Å². The van der Waals surface area contributed by atoms with E-state index in [1.807, 2.05) is 66.7 Å². The first-order chi connectivity index (χ1) is 9.35. The monoisotopic (exact) mass is 248 g/mol. The fraction of sp³-hybridized carbons (Fsp3) is 0.0588. The summed E-state index contributed by atoms with van der Waals surface area (Å²) >= 11 is 0. The standard InChI is InChI=1S/C17H16N2/c1-18-16(14-9-5-3-6-10-14)13-17(19-2)15-11-7-4-8-12-15/h3-13H,1H2,2H3/b16-13-,19-17?. The van der Waals surface area contributed by atoms with Crippen LogP contribution in [0.15, 0.2) is 76.7 Å². The first kappa shape index (κ1) is 13.0. The molecule has 0 radical (unpaired) electrons. The highest BCUT2D eigenvalue weighted by atomic mass is 14.7. The van der Waals surface area contributed by atoms with Crippen LogP contribution >= 0.6 is 0 Å². The lowest BCUT2D eigenvalue weighted by atomic mass is 10.1. The van der Waals surface area contributed by atoms with Crippen LogP contribution < -0.4 is 0 Å². The number of aliphatic imine (C=N–C) groups is 2. The Morgan fingerprint density at radius 3 is 1.89 bits per heavy atom. The summed E-state index contributed by atoms with van der Waals surface area (Å²) in [5.41, 5.74) is 3.83. The van der Waals surface area contributed by atoms with Crippen molar-refractivity contribution in [2.24, 2.45) is 9.98 Å². The SMILES string of the molecule is C=N/C(=C\C(=NC)c1ccccc1)c1ccccc1. The van der Waals surface area contributed by atoms with Crippen LogP contribution in [0.1, 0.15) is 11.1 Å². The molecule has 2 rings (SSSR count). The smallest absolute Gasteiger partial charge is 0.0716 e. The van der Waals surface area contributed by atoms with E-state index >= 15 is 0 Å². The van der Waals surface area contributed by atoms with Crippen molar-refractivity contribution in [3.63, 3.8) is 0 Å². The van der Waals surface area contributed by atoms with Gasteiger partial charge in [0.2, 0.25) is 0 Å². The van der Waals surface area contributed by atoms with E-state index in [4.69, 9.17) is 0 Å². The van der Waals surface area contributed by atoms with Crippen LogP contribution in [-0.4, -0.2) is 19.5 Å². The molecule has 0 fully saturated rings. The van der Waals surface area contributed by atoms with Gasteiger partial charge in [-0.1, -0.05) is 60.7 Å². The van der Waals surface area contributed by atoms with E-state index in [9.17, 15) is 0 Å². The molecule has 0 aliphatic heterocycles. The number of rotatable bonds is 4. The third-order valence-electron chi connectivity index (χ3n) is 2.82. The van der Waals surface area contributed by atoms with Crippen LogP contribution in [0.4, 0.5) is 0 Å². The van der Waals surface area contributed by atoms with Crippen LogP contribution in [-0.2, 0) is 0 Å². The molecular weight excluding hydrogens is 232 g/mol. The molecule has 2 aromatic carbocycles. The molecule has 19 heavy (non-hydrogen) atoms. The highest BCUT2D eigenvalue weighted by Crippen LogP contribution is 2.16. The van der Waals surface area contributed by atoms with Crippen LogP contribution in [0, 0.1) is 0 Å². The molecule has 0 spiro atoms. The molecule has 0 aromatic heterocycles. The van der Waals surface area contributed by atoms with Crippen molar-refractivity contribution in [3.05, 3.63) is 77.9 Å². The van der Waals surface area contributed by atoms with E-state index in [1.54, 1.807) is 7.05 Å². The summed E-state index contributed by atoms with van der Waals surface area (Å²) in [6.07, 6.45) is 1.96. The molecule has 94 valence electrons. The Morgan fingerprint density at radius 2 is 1.42 bits per heavy atom. The lowest BCUT2D eigenvalue weighted by Gasteiger charge is -2.04. The zero-order valence-corrected chi connectivity index (χ0v) is 11.0. The summed E-state index contributed by atoms with van der Waals surface area (Å²) < 4.78 is 0. The maximum absolute atomic E-state index is 4.32. The van der Waals surface area contributed by atoms with Gasteiger partial charge in [0.1, 0.15) is 0 Å². The largest absolute Gasteiger partial charge is 0.288 e. The zero-order valence-electron chi connectivity index (χ0n) is 11.0. The molecule has 0 aliphatic carbocycles. The van der Waals surface area contributed by atoms with E-state index in [0.29, 0.717) is 0 Å². The van der Waals surface area contributed by atoms with Crippen LogP contribution in [0.5, 0.6) is 0 Å². The van der Waals surface area contributed by atoms with Crippen molar-refractivity contribution in [3.8, 4) is 0 Å². The second kappa shape index (κ2) is 6.45. The third-order valence-corrected chi connectivity index (χ3v) is 2.82. The average molecular weight is 248 g/mol. The van der Waals surface area contributed by atoms with Crippen molar-refractivity contribution < 1.29 is 0 Å². The number of benzene rings is 2. The molecule has 0 amide bonds. The van der Waals surface area contributed by atoms with Gasteiger partial charge in [-0.25, -0.2) is 0 Å². The summed E-state index contributed by atoms with van der Waals surface area (Å²) in [6.45, 7) is 3.65. The molecule has 2 nitrogen and oxygen atoms in total. The summed E-state index contributed by atoms with van der Waals surface area (Å²) in [4.78, 5) is 8.43. The van der Waals surface area contributed by atoms with Crippen molar-refractivity contribution in [1.82, 2.24) is 0 Å². The molecule has 0 aliphatic rings. The van der Waals surface area contributed by atoms with Gasteiger partial charge in [0.25, 0.3) is 0 Å². The Morgan fingerprint density at radius 1 is 0.895 bits per heavy atom. The highest BCUT2D eigenvalue weighted by molar-refractivity contribution is 6.12. The normalized spacial score (nSPS) is 12.3. The molecule has 0 bridgehead atoms. The van der Waals surface area contributed by atoms with Crippen molar-refractivity contribution in [2.45, 2.75) is 0 Å². The molecule has 2 heteroatoms. The Bertz CT molecular complexity index is 596. The lowest BCUT2D eigenvalue weighted by Crippen LogP contribution is -1.97. The number of hydrogen-bond donors (Lipinski definition) is 0. The molecule has 0 saturated heterocycles. The van der Waals surface area contributed by atoms with Crippen molar-refractivity contribution in [2.75, 3.05) is 7.05 Å². The molecule has 0 heterocycles. The Labute approximate surface area is 113 Å². The number of allylic oxidation sites excluding steroid dienone is 1. The third kappa shape index (κ3) is 3.26. The summed E-state index contributed by atoms with van der Waals surface area (Å²) in [7, 11) is 1.78. The van der Waals surface area contributed by atoms with Gasteiger partial charge in [0.15, 0.2) is 0 Å². The van der Waals surface area contributed by atoms with Crippen molar-refractivity contribution >= 4 is 18.1 Å². The van der Waals surface area contributed by atoms with Gasteiger partial charge in [-0.3, -0.25) is 9.98 Å². The molecule has 0 unspecified atom stereocenters. The number of hydrogen-bond acceptors (Lipinski definition) is 2. The van der Waals surface area contributed by atoms with Gasteiger partial charge >= 0.3 is 0 Å². The molecule has 2 aromatic rings. The van der Waals surface area contributed by atoms with E-state index in [-0.39, 0.29) is 0 Å². The van der Waals surface area contributed by atoms with Gasteiger partial charge in [-0.2, -0.15) is 0 Å². The summed E-state index contributed by atoms with van der Waals surface area (Å²) in [5.74, 6) is 0. The minimum atomic E-state index is 0.824. The average Bonchev–Trinajstić information content (AvgIpc) is 2.50. The summed E-state index contributed by atoms with van der Waals surface area (Å²) in [6, 6.07) is 20.0. The maximum Gasteiger partial charge on any atom is 0.0716 e. The van der Waals surface area contributed by atoms with Crippen LogP contribution in [0.3, 0.4) is 0 Å². The second-order valence-electron chi connectivity index (χ2n) is 4.03. The Balaban J connectivity index is 2.40. The number of nitrogens with zero attached hydrogens (tertiary/aromatic N) is 2. The van der Waals surface area contributed by atoms with Gasteiger partial charge in [0.05, 0.1) is 11.4 Å². The second-order valence-corrected chi connectivity index (χ2v) is 4.03. The predicted octanol–water partition coefficient (Wildman–Crippen LogP) is 3.85. The van der Waals surface area contributed by atoms with E-state index in [1.165, 1.54) is 0 Å². The molecular formula is C17H16N2.